The van der Waals surface area contributed by atoms with Crippen LogP contribution in [0.25, 0.3) is 5.65 Å². The van der Waals surface area contributed by atoms with Crippen LogP contribution >= 0.6 is 11.3 Å². The second-order valence-corrected chi connectivity index (χ2v) is 8.72. The second-order valence-electron chi connectivity index (χ2n) is 7.49. The summed E-state index contributed by atoms with van der Waals surface area (Å²) < 4.78 is 6.88. The second kappa shape index (κ2) is 9.01. The highest BCUT2D eigenvalue weighted by molar-refractivity contribution is 7.16. The van der Waals surface area contributed by atoms with Gasteiger partial charge >= 0.3 is 5.97 Å². The van der Waals surface area contributed by atoms with E-state index in [4.69, 9.17) is 4.74 Å². The molecule has 0 bridgehead atoms. The number of rotatable bonds is 6. The molecule has 9 nitrogen and oxygen atoms in total. The molecule has 0 spiro atoms. The molecule has 0 saturated carbocycles. The molecule has 164 valence electrons. The maximum Gasteiger partial charge on any atom is 0.341 e. The van der Waals surface area contributed by atoms with Crippen LogP contribution < -0.4 is 10.2 Å². The molecule has 1 aliphatic rings. The molecule has 4 heterocycles. The molecule has 0 radical (unpaired) electrons. The summed E-state index contributed by atoms with van der Waals surface area (Å²) in [5, 5.41) is 16.0. The van der Waals surface area contributed by atoms with E-state index in [1.165, 1.54) is 11.3 Å². The first-order chi connectivity index (χ1) is 15.0. The molecule has 1 fully saturated rings. The predicted molar refractivity (Wildman–Crippen MR) is 119 cm³/mol. The van der Waals surface area contributed by atoms with E-state index in [1.54, 1.807) is 17.8 Å². The number of anilines is 2. The van der Waals surface area contributed by atoms with Crippen molar-refractivity contribution in [1.29, 1.82) is 0 Å². The quantitative estimate of drug-likeness (QED) is 0.585. The van der Waals surface area contributed by atoms with Crippen LogP contribution in [-0.4, -0.2) is 51.4 Å². The Morgan fingerprint density at radius 3 is 2.74 bits per heavy atom. The van der Waals surface area contributed by atoms with Crippen molar-refractivity contribution in [3.63, 3.8) is 0 Å². The van der Waals surface area contributed by atoms with Gasteiger partial charge in [-0.2, -0.15) is 4.52 Å². The number of thiophene rings is 1. The number of aromatic nitrogens is 4. The first kappa shape index (κ1) is 21.2. The molecule has 0 unspecified atom stereocenters. The number of carbonyl (C=O) groups excluding carboxylic acids is 2. The highest BCUT2D eigenvalue weighted by Gasteiger charge is 2.29. The number of esters is 1. The van der Waals surface area contributed by atoms with Gasteiger partial charge in [0.2, 0.25) is 5.91 Å². The van der Waals surface area contributed by atoms with Gasteiger partial charge in [0.25, 0.3) is 0 Å². The van der Waals surface area contributed by atoms with E-state index in [-0.39, 0.29) is 17.8 Å². The minimum Gasteiger partial charge on any atom is -0.462 e. The van der Waals surface area contributed by atoms with Crippen LogP contribution in [0, 0.1) is 12.8 Å². The van der Waals surface area contributed by atoms with Crippen molar-refractivity contribution >= 4 is 39.7 Å². The molecule has 3 aromatic heterocycles. The fourth-order valence-corrected chi connectivity index (χ4v) is 5.12. The Balaban J connectivity index is 1.43. The van der Waals surface area contributed by atoms with E-state index in [2.05, 4.69) is 25.5 Å². The molecule has 10 heteroatoms. The first-order valence-electron chi connectivity index (χ1n) is 10.5. The zero-order chi connectivity index (χ0) is 22.0. The van der Waals surface area contributed by atoms with Gasteiger partial charge in [0, 0.05) is 23.9 Å². The van der Waals surface area contributed by atoms with E-state index < -0.39 is 0 Å². The van der Waals surface area contributed by atoms with Crippen molar-refractivity contribution in [2.45, 2.75) is 40.0 Å². The fourth-order valence-electron chi connectivity index (χ4n) is 3.98. The highest BCUT2D eigenvalue weighted by Crippen LogP contribution is 2.35. The number of hydrogen-bond donors (Lipinski definition) is 1. The average molecular weight is 443 g/mol. The standard InChI is InChI=1S/C21H26N6O3S/c1-4-15-13(3)31-20(18(15)21(29)30-5-2)23-19(28)14-8-10-26(11-9-14)17-7-6-16-24-22-12-27(16)25-17/h6-7,12,14H,4-5,8-11H2,1-3H3,(H,23,28). The Morgan fingerprint density at radius 1 is 1.26 bits per heavy atom. The molecule has 1 aliphatic heterocycles. The van der Waals surface area contributed by atoms with Gasteiger partial charge in [0.15, 0.2) is 5.65 Å². The summed E-state index contributed by atoms with van der Waals surface area (Å²) in [5.74, 6) is 0.315. The number of piperidine rings is 1. The fraction of sp³-hybridized carbons (Fsp3) is 0.476. The summed E-state index contributed by atoms with van der Waals surface area (Å²) in [4.78, 5) is 28.7. The van der Waals surface area contributed by atoms with Crippen molar-refractivity contribution in [2.75, 3.05) is 29.9 Å². The SMILES string of the molecule is CCOC(=O)c1c(NC(=O)C2CCN(c3ccc4nncn4n3)CC2)sc(C)c1CC. The molecule has 0 aromatic carbocycles. The molecule has 1 amide bonds. The number of fused-ring (bicyclic) bond motifs is 1. The van der Waals surface area contributed by atoms with Gasteiger partial charge in [-0.25, -0.2) is 4.79 Å². The minimum atomic E-state index is -0.371. The zero-order valence-corrected chi connectivity index (χ0v) is 18.7. The third-order valence-electron chi connectivity index (χ3n) is 5.62. The van der Waals surface area contributed by atoms with Gasteiger partial charge in [-0.3, -0.25) is 4.79 Å². The van der Waals surface area contributed by atoms with E-state index in [1.807, 2.05) is 26.0 Å². The van der Waals surface area contributed by atoms with Gasteiger partial charge in [-0.15, -0.1) is 26.6 Å². The van der Waals surface area contributed by atoms with Crippen molar-refractivity contribution < 1.29 is 14.3 Å². The number of carbonyl (C=O) groups is 2. The van der Waals surface area contributed by atoms with Crippen LogP contribution in [0.1, 0.15) is 47.5 Å². The summed E-state index contributed by atoms with van der Waals surface area (Å²) in [7, 11) is 0. The van der Waals surface area contributed by atoms with Crippen LogP contribution in [0.3, 0.4) is 0 Å². The van der Waals surface area contributed by atoms with Crippen LogP contribution in [0.4, 0.5) is 10.8 Å². The summed E-state index contributed by atoms with van der Waals surface area (Å²) in [5.41, 5.74) is 2.15. The lowest BCUT2D eigenvalue weighted by molar-refractivity contribution is -0.120. The molecular weight excluding hydrogens is 416 g/mol. The molecule has 0 aliphatic carbocycles. The smallest absolute Gasteiger partial charge is 0.341 e. The van der Waals surface area contributed by atoms with Gasteiger partial charge in [0.1, 0.15) is 17.1 Å². The first-order valence-corrected chi connectivity index (χ1v) is 11.4. The van der Waals surface area contributed by atoms with Gasteiger partial charge in [-0.1, -0.05) is 6.92 Å². The number of amides is 1. The maximum atomic E-state index is 13.0. The van der Waals surface area contributed by atoms with Gasteiger partial charge < -0.3 is 15.0 Å². The van der Waals surface area contributed by atoms with Crippen LogP contribution in [-0.2, 0) is 16.0 Å². The number of nitrogens with zero attached hydrogens (tertiary/aromatic N) is 5. The molecule has 4 rings (SSSR count). The summed E-state index contributed by atoms with van der Waals surface area (Å²) in [6, 6.07) is 3.81. The van der Waals surface area contributed by atoms with Crippen molar-refractivity contribution in [3.8, 4) is 0 Å². The predicted octanol–water partition coefficient (Wildman–Crippen LogP) is 3.09. The molecular formula is C21H26N6O3S. The van der Waals surface area contributed by atoms with E-state index in [0.29, 0.717) is 42.1 Å². The maximum absolute atomic E-state index is 13.0. The Labute approximate surface area is 184 Å². The van der Waals surface area contributed by atoms with Gasteiger partial charge in [-0.05, 0) is 50.8 Å². The molecule has 1 N–H and O–H groups in total. The minimum absolute atomic E-state index is 0.0451. The highest BCUT2D eigenvalue weighted by atomic mass is 32.1. The third-order valence-corrected chi connectivity index (χ3v) is 6.68. The molecule has 1 saturated heterocycles. The average Bonchev–Trinajstić information content (AvgIpc) is 3.36. The van der Waals surface area contributed by atoms with Gasteiger partial charge in [0.05, 0.1) is 12.2 Å². The van der Waals surface area contributed by atoms with E-state index in [9.17, 15) is 9.59 Å². The summed E-state index contributed by atoms with van der Waals surface area (Å²) in [6.07, 6.45) is 3.73. The Kier molecular flexibility index (Phi) is 6.17. The lowest BCUT2D eigenvalue weighted by atomic mass is 9.96. The number of hydrogen-bond acceptors (Lipinski definition) is 8. The number of nitrogens with one attached hydrogen (secondary N) is 1. The molecule has 31 heavy (non-hydrogen) atoms. The monoisotopic (exact) mass is 442 g/mol. The summed E-state index contributed by atoms with van der Waals surface area (Å²) in [6.45, 7) is 7.52. The normalized spacial score (nSPS) is 14.7. The van der Waals surface area contributed by atoms with Crippen LogP contribution in [0.5, 0.6) is 0 Å². The third kappa shape index (κ3) is 4.25. The van der Waals surface area contributed by atoms with Crippen molar-refractivity contribution in [1.82, 2.24) is 19.8 Å². The van der Waals surface area contributed by atoms with E-state index in [0.717, 1.165) is 29.3 Å². The Hall–Kier alpha value is -3.01. The number of aryl methyl sites for hydroxylation is 1. The van der Waals surface area contributed by atoms with Crippen LogP contribution in [0.2, 0.25) is 0 Å². The van der Waals surface area contributed by atoms with Crippen LogP contribution in [0.15, 0.2) is 18.5 Å². The molecule has 0 atom stereocenters. The Bertz CT molecular complexity index is 1100. The Morgan fingerprint density at radius 2 is 2.03 bits per heavy atom. The topological polar surface area (TPSA) is 102 Å². The zero-order valence-electron chi connectivity index (χ0n) is 17.9. The van der Waals surface area contributed by atoms with Crippen molar-refractivity contribution in [2.24, 2.45) is 5.92 Å². The lowest BCUT2D eigenvalue weighted by Crippen LogP contribution is -2.38. The van der Waals surface area contributed by atoms with Crippen molar-refractivity contribution in [3.05, 3.63) is 34.5 Å². The number of ether oxygens (including phenoxy) is 1. The van der Waals surface area contributed by atoms with E-state index >= 15 is 0 Å². The largest absolute Gasteiger partial charge is 0.462 e. The lowest BCUT2D eigenvalue weighted by Gasteiger charge is -2.31. The molecule has 3 aromatic rings. The summed E-state index contributed by atoms with van der Waals surface area (Å²) >= 11 is 1.44.